The monoisotopic (exact) mass is 467 g/mol. The van der Waals surface area contributed by atoms with Crippen molar-refractivity contribution in [1.29, 1.82) is 0 Å². The molecule has 178 valence electrons. The van der Waals surface area contributed by atoms with Crippen molar-refractivity contribution in [3.63, 3.8) is 0 Å². The van der Waals surface area contributed by atoms with E-state index in [2.05, 4.69) is 39.1 Å². The Morgan fingerprint density at radius 1 is 0.914 bits per heavy atom. The minimum atomic E-state index is 0.426. The van der Waals surface area contributed by atoms with E-state index in [4.69, 9.17) is 20.9 Å². The number of benzene rings is 3. The molecule has 0 spiro atoms. The fourth-order valence-electron chi connectivity index (χ4n) is 4.44. The van der Waals surface area contributed by atoms with Gasteiger partial charge in [0.1, 0.15) is 5.82 Å². The van der Waals surface area contributed by atoms with Crippen LogP contribution in [0.3, 0.4) is 0 Å². The number of anilines is 3. The summed E-state index contributed by atoms with van der Waals surface area (Å²) in [6.07, 6.45) is 2.56. The van der Waals surface area contributed by atoms with Crippen LogP contribution in [0.5, 0.6) is 11.5 Å². The number of nitrogen functional groups attached to an aromatic ring is 2. The maximum Gasteiger partial charge on any atom is 0.163 e. The SMILES string of the molecule is COc1cc2c(cc1OCCc1ccc(N(C)C)cc1)ncc1c(N)nc3c(C)c(N)ccc3c12. The quantitative estimate of drug-likeness (QED) is 0.265. The Kier molecular flexibility index (Phi) is 5.68. The fraction of sp³-hybridized carbons (Fsp3) is 0.214. The summed E-state index contributed by atoms with van der Waals surface area (Å²) in [4.78, 5) is 11.4. The highest BCUT2D eigenvalue weighted by Crippen LogP contribution is 2.39. The highest BCUT2D eigenvalue weighted by molar-refractivity contribution is 6.21. The number of hydrogen-bond donors (Lipinski definition) is 2. The Balaban J connectivity index is 1.53. The van der Waals surface area contributed by atoms with Crippen LogP contribution in [0.2, 0.25) is 0 Å². The van der Waals surface area contributed by atoms with Gasteiger partial charge >= 0.3 is 0 Å². The third-order valence-corrected chi connectivity index (χ3v) is 6.50. The van der Waals surface area contributed by atoms with Crippen molar-refractivity contribution in [3.8, 4) is 11.5 Å². The third kappa shape index (κ3) is 3.99. The van der Waals surface area contributed by atoms with E-state index in [9.17, 15) is 0 Å². The largest absolute Gasteiger partial charge is 0.493 e. The molecule has 7 nitrogen and oxygen atoms in total. The molecule has 0 atom stereocenters. The second kappa shape index (κ2) is 8.83. The minimum absolute atomic E-state index is 0.426. The lowest BCUT2D eigenvalue weighted by Crippen LogP contribution is -2.08. The fourth-order valence-corrected chi connectivity index (χ4v) is 4.44. The zero-order valence-electron chi connectivity index (χ0n) is 20.4. The highest BCUT2D eigenvalue weighted by Gasteiger charge is 2.16. The molecule has 4 N–H and O–H groups in total. The van der Waals surface area contributed by atoms with Gasteiger partial charge < -0.3 is 25.8 Å². The van der Waals surface area contributed by atoms with Crippen LogP contribution in [0.15, 0.2) is 54.7 Å². The topological polar surface area (TPSA) is 99.5 Å². The number of nitrogens with two attached hydrogens (primary N) is 2. The lowest BCUT2D eigenvalue weighted by Gasteiger charge is -2.15. The summed E-state index contributed by atoms with van der Waals surface area (Å²) in [6.45, 7) is 2.48. The molecule has 0 aliphatic rings. The van der Waals surface area contributed by atoms with E-state index in [1.807, 2.05) is 45.3 Å². The number of fused-ring (bicyclic) bond motifs is 5. The Labute approximate surface area is 204 Å². The van der Waals surface area contributed by atoms with Gasteiger partial charge in [0, 0.05) is 65.7 Å². The summed E-state index contributed by atoms with van der Waals surface area (Å²) in [5.74, 6) is 1.73. The van der Waals surface area contributed by atoms with Crippen molar-refractivity contribution in [3.05, 3.63) is 65.9 Å². The van der Waals surface area contributed by atoms with Crippen molar-refractivity contribution in [2.45, 2.75) is 13.3 Å². The van der Waals surface area contributed by atoms with E-state index in [0.29, 0.717) is 29.6 Å². The van der Waals surface area contributed by atoms with E-state index < -0.39 is 0 Å². The van der Waals surface area contributed by atoms with E-state index in [-0.39, 0.29) is 0 Å². The Morgan fingerprint density at radius 3 is 2.40 bits per heavy atom. The predicted molar refractivity (Wildman–Crippen MR) is 145 cm³/mol. The van der Waals surface area contributed by atoms with Gasteiger partial charge in [0.25, 0.3) is 0 Å². The first-order valence-electron chi connectivity index (χ1n) is 11.5. The number of ether oxygens (including phenoxy) is 2. The summed E-state index contributed by atoms with van der Waals surface area (Å²) < 4.78 is 11.9. The van der Waals surface area contributed by atoms with Crippen LogP contribution in [-0.2, 0) is 6.42 Å². The predicted octanol–water partition coefficient (Wildman–Crippen LogP) is 5.11. The number of methoxy groups -OCH3 is 1. The zero-order chi connectivity index (χ0) is 24.7. The summed E-state index contributed by atoms with van der Waals surface area (Å²) in [7, 11) is 5.71. The molecular formula is C28H29N5O2. The molecule has 3 aromatic carbocycles. The molecule has 35 heavy (non-hydrogen) atoms. The number of pyridine rings is 2. The summed E-state index contributed by atoms with van der Waals surface area (Å²) in [6, 6.07) is 16.3. The molecule has 0 saturated carbocycles. The molecule has 0 radical (unpaired) electrons. The number of nitrogens with zero attached hydrogens (tertiary/aromatic N) is 3. The van der Waals surface area contributed by atoms with E-state index in [0.717, 1.165) is 44.6 Å². The molecule has 0 saturated heterocycles. The first-order chi connectivity index (χ1) is 16.9. The van der Waals surface area contributed by atoms with Gasteiger partial charge in [-0.25, -0.2) is 4.98 Å². The second-order valence-electron chi connectivity index (χ2n) is 8.90. The lowest BCUT2D eigenvalue weighted by atomic mass is 9.99. The molecule has 0 bridgehead atoms. The molecule has 5 rings (SSSR count). The van der Waals surface area contributed by atoms with Crippen LogP contribution in [-0.4, -0.2) is 37.8 Å². The number of aromatic nitrogens is 2. The van der Waals surface area contributed by atoms with Crippen molar-refractivity contribution in [1.82, 2.24) is 9.97 Å². The summed E-state index contributed by atoms with van der Waals surface area (Å²) in [5.41, 5.74) is 18.0. The van der Waals surface area contributed by atoms with Gasteiger partial charge in [-0.1, -0.05) is 18.2 Å². The molecular weight excluding hydrogens is 438 g/mol. The number of aryl methyl sites for hydroxylation is 1. The average Bonchev–Trinajstić information content (AvgIpc) is 2.86. The van der Waals surface area contributed by atoms with Crippen molar-refractivity contribution in [2.24, 2.45) is 0 Å². The zero-order valence-corrected chi connectivity index (χ0v) is 20.4. The number of rotatable bonds is 6. The van der Waals surface area contributed by atoms with E-state index in [1.165, 1.54) is 11.3 Å². The van der Waals surface area contributed by atoms with Gasteiger partial charge in [0.05, 0.1) is 24.8 Å². The molecule has 5 aromatic rings. The second-order valence-corrected chi connectivity index (χ2v) is 8.90. The average molecular weight is 468 g/mol. The normalized spacial score (nSPS) is 11.3. The molecule has 7 heteroatoms. The highest BCUT2D eigenvalue weighted by atomic mass is 16.5. The molecule has 0 fully saturated rings. The van der Waals surface area contributed by atoms with Crippen molar-refractivity contribution < 1.29 is 9.47 Å². The Morgan fingerprint density at radius 2 is 1.69 bits per heavy atom. The van der Waals surface area contributed by atoms with Gasteiger partial charge in [-0.15, -0.1) is 0 Å². The van der Waals surface area contributed by atoms with Crippen LogP contribution >= 0.6 is 0 Å². The van der Waals surface area contributed by atoms with E-state index >= 15 is 0 Å². The molecule has 0 aliphatic carbocycles. The van der Waals surface area contributed by atoms with Crippen molar-refractivity contribution >= 4 is 49.8 Å². The molecule has 2 aromatic heterocycles. The van der Waals surface area contributed by atoms with Crippen LogP contribution in [0.25, 0.3) is 32.6 Å². The van der Waals surface area contributed by atoms with E-state index in [1.54, 1.807) is 13.3 Å². The van der Waals surface area contributed by atoms with Crippen LogP contribution in [0.4, 0.5) is 17.2 Å². The van der Waals surface area contributed by atoms with Crippen molar-refractivity contribution in [2.75, 3.05) is 44.2 Å². The van der Waals surface area contributed by atoms with Crippen LogP contribution in [0, 0.1) is 6.92 Å². The minimum Gasteiger partial charge on any atom is -0.493 e. The molecule has 0 unspecified atom stereocenters. The maximum atomic E-state index is 6.33. The van der Waals surface area contributed by atoms with Gasteiger partial charge in [-0.3, -0.25) is 4.98 Å². The van der Waals surface area contributed by atoms with Gasteiger partial charge in [-0.05, 0) is 42.3 Å². The molecule has 0 aliphatic heterocycles. The molecule has 2 heterocycles. The maximum absolute atomic E-state index is 6.33. The summed E-state index contributed by atoms with van der Waals surface area (Å²) in [5, 5.41) is 3.68. The first kappa shape index (κ1) is 22.5. The number of hydrogen-bond acceptors (Lipinski definition) is 7. The van der Waals surface area contributed by atoms with Gasteiger partial charge in [-0.2, -0.15) is 0 Å². The molecule has 0 amide bonds. The van der Waals surface area contributed by atoms with Gasteiger partial charge in [0.15, 0.2) is 11.5 Å². The smallest absolute Gasteiger partial charge is 0.163 e. The Bertz CT molecular complexity index is 1560. The third-order valence-electron chi connectivity index (χ3n) is 6.50. The first-order valence-corrected chi connectivity index (χ1v) is 11.5. The standard InChI is InChI=1S/C28H29N5O2/c1-16-22(29)10-9-19-26-20-13-24(34-4)25(14-23(20)31-15-21(26)28(30)32-27(16)19)35-12-11-17-5-7-18(8-6-17)33(2)3/h5-10,13-15H,11-12,29H2,1-4H3,(H2,30,32). The lowest BCUT2D eigenvalue weighted by molar-refractivity contribution is 0.298. The Hall–Kier alpha value is -4.26. The van der Waals surface area contributed by atoms with Crippen LogP contribution in [0.1, 0.15) is 11.1 Å². The van der Waals surface area contributed by atoms with Crippen LogP contribution < -0.4 is 25.8 Å². The van der Waals surface area contributed by atoms with Gasteiger partial charge in [0.2, 0.25) is 0 Å². The summed E-state index contributed by atoms with van der Waals surface area (Å²) >= 11 is 0.